The third-order valence-electron chi connectivity index (χ3n) is 4.32. The number of benzene rings is 1. The van der Waals surface area contributed by atoms with E-state index in [1.165, 1.54) is 12.8 Å². The fraction of sp³-hybridized carbons (Fsp3) is 0.438. The molecule has 23 heavy (non-hydrogen) atoms. The zero-order valence-corrected chi connectivity index (χ0v) is 15.2. The van der Waals surface area contributed by atoms with Gasteiger partial charge in [-0.05, 0) is 49.9 Å². The first kappa shape index (κ1) is 15.1. The second-order valence-corrected chi connectivity index (χ2v) is 7.99. The monoisotopic (exact) mass is 392 g/mol. The Labute approximate surface area is 147 Å². The minimum atomic E-state index is -0.209. The number of hydrogen-bond acceptors (Lipinski definition) is 5. The van der Waals surface area contributed by atoms with E-state index in [4.69, 9.17) is 0 Å². The summed E-state index contributed by atoms with van der Waals surface area (Å²) in [7, 11) is 0. The smallest absolute Gasteiger partial charge is 0.249 e. The van der Waals surface area contributed by atoms with E-state index in [0.717, 1.165) is 38.8 Å². The summed E-state index contributed by atoms with van der Waals surface area (Å²) in [5, 5.41) is 13.5. The highest BCUT2D eigenvalue weighted by Gasteiger charge is 2.34. The van der Waals surface area contributed by atoms with Crippen molar-refractivity contribution in [1.29, 1.82) is 0 Å². The number of nitrogens with one attached hydrogen (secondary N) is 1. The molecule has 0 radical (unpaired) electrons. The van der Waals surface area contributed by atoms with E-state index in [1.54, 1.807) is 11.3 Å². The van der Waals surface area contributed by atoms with E-state index in [9.17, 15) is 4.79 Å². The molecule has 1 amide bonds. The molecule has 0 bridgehead atoms. The lowest BCUT2D eigenvalue weighted by atomic mass is 10.2. The number of carbonyl (C=O) groups is 1. The molecule has 4 rings (SSSR count). The molecule has 1 aliphatic heterocycles. The summed E-state index contributed by atoms with van der Waals surface area (Å²) in [5.41, 5.74) is 2.08. The van der Waals surface area contributed by atoms with E-state index >= 15 is 0 Å². The average Bonchev–Trinajstić information content (AvgIpc) is 3.19. The predicted octanol–water partition coefficient (Wildman–Crippen LogP) is 3.70. The number of aromatic nitrogens is 2. The highest BCUT2D eigenvalue weighted by Crippen LogP contribution is 2.42. The van der Waals surface area contributed by atoms with Crippen LogP contribution in [-0.2, 0) is 4.79 Å². The van der Waals surface area contributed by atoms with Gasteiger partial charge in [-0.15, -0.1) is 10.2 Å². The standard InChI is InChI=1S/C16H17BrN4OS/c1-9-8-11(4-5-12(9)17)21-7-6-13(15(21)22)18-16-20-19-14(23-16)10-2-3-10/h4-5,8,10,13H,2-3,6-7H2,1H3,(H,18,20). The van der Waals surface area contributed by atoms with E-state index in [-0.39, 0.29) is 11.9 Å². The molecule has 1 unspecified atom stereocenters. The van der Waals surface area contributed by atoms with E-state index in [2.05, 4.69) is 31.4 Å². The highest BCUT2D eigenvalue weighted by atomic mass is 79.9. The molecule has 2 fully saturated rings. The van der Waals surface area contributed by atoms with Crippen molar-refractivity contribution < 1.29 is 4.79 Å². The van der Waals surface area contributed by atoms with Crippen molar-refractivity contribution in [2.75, 3.05) is 16.8 Å². The van der Waals surface area contributed by atoms with Gasteiger partial charge in [0.05, 0.1) is 0 Å². The van der Waals surface area contributed by atoms with Crippen LogP contribution in [0, 0.1) is 6.92 Å². The number of amides is 1. The maximum absolute atomic E-state index is 12.7. The van der Waals surface area contributed by atoms with Gasteiger partial charge in [0, 0.05) is 22.6 Å². The zero-order valence-electron chi connectivity index (χ0n) is 12.8. The van der Waals surface area contributed by atoms with Gasteiger partial charge < -0.3 is 10.2 Å². The average molecular weight is 393 g/mol. The summed E-state index contributed by atoms with van der Waals surface area (Å²) < 4.78 is 1.06. The molecule has 120 valence electrons. The van der Waals surface area contributed by atoms with Crippen molar-refractivity contribution in [2.24, 2.45) is 0 Å². The maximum atomic E-state index is 12.7. The Morgan fingerprint density at radius 2 is 2.13 bits per heavy atom. The minimum Gasteiger partial charge on any atom is -0.348 e. The summed E-state index contributed by atoms with van der Waals surface area (Å²) in [6, 6.07) is 5.80. The normalized spacial score (nSPS) is 21.0. The van der Waals surface area contributed by atoms with Gasteiger partial charge in [0.1, 0.15) is 11.0 Å². The van der Waals surface area contributed by atoms with Gasteiger partial charge in [0.25, 0.3) is 0 Å². The second-order valence-electron chi connectivity index (χ2n) is 6.13. The number of halogens is 1. The molecule has 1 saturated heterocycles. The SMILES string of the molecule is Cc1cc(N2CCC(Nc3nnc(C4CC4)s3)C2=O)ccc1Br. The van der Waals surface area contributed by atoms with Crippen LogP contribution in [0.2, 0.25) is 0 Å². The maximum Gasteiger partial charge on any atom is 0.249 e. The summed E-state index contributed by atoms with van der Waals surface area (Å²) in [4.78, 5) is 14.5. The lowest BCUT2D eigenvalue weighted by Crippen LogP contribution is -2.33. The van der Waals surface area contributed by atoms with Crippen molar-refractivity contribution in [1.82, 2.24) is 10.2 Å². The van der Waals surface area contributed by atoms with Crippen molar-refractivity contribution >= 4 is 44.0 Å². The summed E-state index contributed by atoms with van der Waals surface area (Å²) >= 11 is 5.08. The van der Waals surface area contributed by atoms with Crippen LogP contribution >= 0.6 is 27.3 Å². The van der Waals surface area contributed by atoms with Crippen molar-refractivity contribution in [3.05, 3.63) is 33.2 Å². The Morgan fingerprint density at radius 1 is 1.30 bits per heavy atom. The van der Waals surface area contributed by atoms with Crippen LogP contribution < -0.4 is 10.2 Å². The van der Waals surface area contributed by atoms with Crippen LogP contribution in [0.5, 0.6) is 0 Å². The summed E-state index contributed by atoms with van der Waals surface area (Å²) in [5.74, 6) is 0.708. The molecule has 2 heterocycles. The fourth-order valence-electron chi connectivity index (χ4n) is 2.80. The number of hydrogen-bond donors (Lipinski definition) is 1. The molecule has 2 aromatic rings. The topological polar surface area (TPSA) is 58.1 Å². The van der Waals surface area contributed by atoms with Gasteiger partial charge in [-0.2, -0.15) is 0 Å². The Hall–Kier alpha value is -1.47. The summed E-state index contributed by atoms with van der Waals surface area (Å²) in [6.45, 7) is 2.76. The molecule has 1 aromatic carbocycles. The molecule has 0 spiro atoms. The second kappa shape index (κ2) is 5.87. The van der Waals surface area contributed by atoms with Crippen LogP contribution in [0.4, 0.5) is 10.8 Å². The first-order valence-electron chi connectivity index (χ1n) is 7.79. The van der Waals surface area contributed by atoms with Crippen molar-refractivity contribution in [2.45, 2.75) is 38.1 Å². The van der Waals surface area contributed by atoms with Gasteiger partial charge in [-0.1, -0.05) is 27.3 Å². The van der Waals surface area contributed by atoms with E-state index in [0.29, 0.717) is 5.92 Å². The fourth-order valence-corrected chi connectivity index (χ4v) is 4.02. The molecule has 2 aliphatic rings. The molecule has 1 aliphatic carbocycles. The van der Waals surface area contributed by atoms with Crippen LogP contribution in [0.25, 0.3) is 0 Å². The van der Waals surface area contributed by atoms with Crippen molar-refractivity contribution in [3.8, 4) is 0 Å². The number of nitrogens with zero attached hydrogens (tertiary/aromatic N) is 3. The molecule has 7 heteroatoms. The Bertz CT molecular complexity index is 758. The minimum absolute atomic E-state index is 0.106. The van der Waals surface area contributed by atoms with Crippen LogP contribution in [0.3, 0.4) is 0 Å². The van der Waals surface area contributed by atoms with Crippen LogP contribution in [-0.4, -0.2) is 28.7 Å². The lowest BCUT2D eigenvalue weighted by Gasteiger charge is -2.18. The third-order valence-corrected chi connectivity index (χ3v) is 6.23. The molecule has 1 atom stereocenters. The van der Waals surface area contributed by atoms with Crippen LogP contribution in [0.15, 0.2) is 22.7 Å². The molecule has 1 saturated carbocycles. The Morgan fingerprint density at radius 3 is 2.87 bits per heavy atom. The van der Waals surface area contributed by atoms with Crippen LogP contribution in [0.1, 0.15) is 35.8 Å². The highest BCUT2D eigenvalue weighted by molar-refractivity contribution is 9.10. The molecule has 5 nitrogen and oxygen atoms in total. The first-order chi connectivity index (χ1) is 11.1. The van der Waals surface area contributed by atoms with Gasteiger partial charge in [0.2, 0.25) is 11.0 Å². The number of aryl methyl sites for hydroxylation is 1. The Kier molecular flexibility index (Phi) is 3.85. The molecule has 1 N–H and O–H groups in total. The number of carbonyl (C=O) groups excluding carboxylic acids is 1. The number of anilines is 2. The largest absolute Gasteiger partial charge is 0.348 e. The quantitative estimate of drug-likeness (QED) is 0.861. The number of rotatable bonds is 4. The molecular formula is C16H17BrN4OS. The van der Waals surface area contributed by atoms with Gasteiger partial charge in [0.15, 0.2) is 0 Å². The summed E-state index contributed by atoms with van der Waals surface area (Å²) in [6.07, 6.45) is 3.22. The van der Waals surface area contributed by atoms with Gasteiger partial charge in [-0.25, -0.2) is 0 Å². The van der Waals surface area contributed by atoms with Gasteiger partial charge >= 0.3 is 0 Å². The molecular weight excluding hydrogens is 376 g/mol. The molecule has 1 aromatic heterocycles. The third kappa shape index (κ3) is 2.99. The van der Waals surface area contributed by atoms with E-state index < -0.39 is 0 Å². The zero-order chi connectivity index (χ0) is 16.0. The lowest BCUT2D eigenvalue weighted by molar-refractivity contribution is -0.117. The predicted molar refractivity (Wildman–Crippen MR) is 95.1 cm³/mol. The van der Waals surface area contributed by atoms with Crippen molar-refractivity contribution in [3.63, 3.8) is 0 Å². The first-order valence-corrected chi connectivity index (χ1v) is 9.40. The Balaban J connectivity index is 1.46. The van der Waals surface area contributed by atoms with E-state index in [1.807, 2.05) is 30.0 Å². The van der Waals surface area contributed by atoms with Gasteiger partial charge in [-0.3, -0.25) is 4.79 Å².